The highest BCUT2D eigenvalue weighted by atomic mass is 16.5. The van der Waals surface area contributed by atoms with E-state index in [9.17, 15) is 0 Å². The first-order valence-corrected chi connectivity index (χ1v) is 4.76. The van der Waals surface area contributed by atoms with Crippen molar-refractivity contribution in [1.29, 1.82) is 0 Å². The van der Waals surface area contributed by atoms with Crippen molar-refractivity contribution >= 4 is 6.01 Å². The average molecular weight is 197 g/mol. The summed E-state index contributed by atoms with van der Waals surface area (Å²) in [6.45, 7) is 1.98. The fraction of sp³-hybridized carbons (Fsp3) is 0.667. The van der Waals surface area contributed by atoms with E-state index in [1.54, 1.807) is 6.26 Å². The molecule has 0 radical (unpaired) electrons. The van der Waals surface area contributed by atoms with Gasteiger partial charge in [0.15, 0.2) is 0 Å². The molecule has 0 saturated carbocycles. The zero-order chi connectivity index (χ0) is 9.97. The van der Waals surface area contributed by atoms with E-state index >= 15 is 0 Å². The number of oxazole rings is 1. The van der Waals surface area contributed by atoms with E-state index in [-0.39, 0.29) is 0 Å². The summed E-state index contributed by atoms with van der Waals surface area (Å²) in [7, 11) is 1.96. The number of anilines is 1. The Bertz CT molecular complexity index is 294. The summed E-state index contributed by atoms with van der Waals surface area (Å²) in [5.74, 6) is 0. The molecule has 0 amide bonds. The van der Waals surface area contributed by atoms with Crippen molar-refractivity contribution < 1.29 is 9.15 Å². The molecule has 1 aliphatic rings. The quantitative estimate of drug-likeness (QED) is 0.757. The molecule has 1 saturated heterocycles. The van der Waals surface area contributed by atoms with Crippen molar-refractivity contribution in [2.75, 3.05) is 25.2 Å². The normalized spacial score (nSPS) is 21.4. The Morgan fingerprint density at radius 2 is 2.57 bits per heavy atom. The van der Waals surface area contributed by atoms with Crippen LogP contribution in [0, 0.1) is 0 Å². The number of nitrogens with zero attached hydrogens (tertiary/aromatic N) is 2. The second-order valence-electron chi connectivity index (χ2n) is 3.45. The molecule has 5 heteroatoms. The van der Waals surface area contributed by atoms with Crippen LogP contribution in [0.5, 0.6) is 0 Å². The topological polar surface area (TPSA) is 64.5 Å². The van der Waals surface area contributed by atoms with Gasteiger partial charge in [-0.05, 0) is 6.42 Å². The third kappa shape index (κ3) is 1.73. The predicted octanol–water partition coefficient (Wildman–Crippen LogP) is 0.358. The van der Waals surface area contributed by atoms with Crippen LogP contribution in [0.1, 0.15) is 12.1 Å². The predicted molar refractivity (Wildman–Crippen MR) is 52.0 cm³/mol. The first-order chi connectivity index (χ1) is 6.81. The second-order valence-corrected chi connectivity index (χ2v) is 3.45. The Morgan fingerprint density at radius 3 is 3.14 bits per heavy atom. The van der Waals surface area contributed by atoms with Gasteiger partial charge in [0.05, 0.1) is 18.3 Å². The highest BCUT2D eigenvalue weighted by molar-refractivity contribution is 5.27. The molecule has 0 aliphatic carbocycles. The van der Waals surface area contributed by atoms with E-state index in [2.05, 4.69) is 4.98 Å². The number of hydrogen-bond donors (Lipinski definition) is 1. The van der Waals surface area contributed by atoms with Gasteiger partial charge in [-0.25, -0.2) is 0 Å². The minimum absolute atomic E-state index is 0.374. The second kappa shape index (κ2) is 3.98. The lowest BCUT2D eigenvalue weighted by molar-refractivity contribution is 0.193. The molecule has 14 heavy (non-hydrogen) atoms. The van der Waals surface area contributed by atoms with Gasteiger partial charge < -0.3 is 19.8 Å². The van der Waals surface area contributed by atoms with Gasteiger partial charge in [0, 0.05) is 20.2 Å². The van der Waals surface area contributed by atoms with Crippen molar-refractivity contribution in [2.24, 2.45) is 5.73 Å². The van der Waals surface area contributed by atoms with Crippen LogP contribution in [0.3, 0.4) is 0 Å². The van der Waals surface area contributed by atoms with Gasteiger partial charge >= 0.3 is 0 Å². The van der Waals surface area contributed by atoms with Gasteiger partial charge in [0.2, 0.25) is 0 Å². The molecule has 1 fully saturated rings. The van der Waals surface area contributed by atoms with E-state index in [1.807, 2.05) is 11.9 Å². The summed E-state index contributed by atoms with van der Waals surface area (Å²) in [4.78, 5) is 6.26. The van der Waals surface area contributed by atoms with E-state index in [4.69, 9.17) is 14.9 Å². The Balaban J connectivity index is 2.05. The molecule has 2 heterocycles. The lowest BCUT2D eigenvalue weighted by atomic mass is 10.2. The van der Waals surface area contributed by atoms with Gasteiger partial charge in [-0.3, -0.25) is 0 Å². The molecule has 0 aromatic carbocycles. The SMILES string of the molecule is CN(c1nc(CN)co1)C1CCOC1. The van der Waals surface area contributed by atoms with Crippen LogP contribution in [-0.4, -0.2) is 31.3 Å². The molecule has 1 aromatic heterocycles. The van der Waals surface area contributed by atoms with Crippen LogP contribution >= 0.6 is 0 Å². The maximum absolute atomic E-state index is 5.45. The Morgan fingerprint density at radius 1 is 1.71 bits per heavy atom. The number of aromatic nitrogens is 1. The lowest BCUT2D eigenvalue weighted by Gasteiger charge is -2.20. The van der Waals surface area contributed by atoms with Crippen LogP contribution in [0.4, 0.5) is 6.01 Å². The fourth-order valence-electron chi connectivity index (χ4n) is 1.54. The molecular formula is C9H15N3O2. The zero-order valence-corrected chi connectivity index (χ0v) is 8.27. The lowest BCUT2D eigenvalue weighted by Crippen LogP contribution is -2.32. The maximum atomic E-state index is 5.45. The molecule has 1 atom stereocenters. The minimum Gasteiger partial charge on any atom is -0.432 e. The molecule has 5 nitrogen and oxygen atoms in total. The first kappa shape index (κ1) is 9.48. The number of rotatable bonds is 3. The van der Waals surface area contributed by atoms with Crippen LogP contribution in [0.15, 0.2) is 10.7 Å². The van der Waals surface area contributed by atoms with E-state index < -0.39 is 0 Å². The first-order valence-electron chi connectivity index (χ1n) is 4.76. The highest BCUT2D eigenvalue weighted by Crippen LogP contribution is 2.19. The summed E-state index contributed by atoms with van der Waals surface area (Å²) >= 11 is 0. The molecule has 2 rings (SSSR count). The molecular weight excluding hydrogens is 182 g/mol. The van der Waals surface area contributed by atoms with Crippen LogP contribution < -0.4 is 10.6 Å². The third-order valence-corrected chi connectivity index (χ3v) is 2.50. The standard InChI is InChI=1S/C9H15N3O2/c1-12(8-2-3-13-6-8)9-11-7(4-10)5-14-9/h5,8H,2-4,6,10H2,1H3. The van der Waals surface area contributed by atoms with Gasteiger partial charge in [0.25, 0.3) is 6.01 Å². The smallest absolute Gasteiger partial charge is 0.297 e. The van der Waals surface area contributed by atoms with Crippen LogP contribution in [0.2, 0.25) is 0 Å². The van der Waals surface area contributed by atoms with Gasteiger partial charge in [-0.15, -0.1) is 0 Å². The molecule has 78 valence electrons. The van der Waals surface area contributed by atoms with Crippen molar-refractivity contribution in [3.8, 4) is 0 Å². The van der Waals surface area contributed by atoms with Crippen molar-refractivity contribution in [2.45, 2.75) is 19.0 Å². The van der Waals surface area contributed by atoms with Gasteiger partial charge in [-0.1, -0.05) is 0 Å². The molecule has 2 N–H and O–H groups in total. The summed E-state index contributed by atoms with van der Waals surface area (Å²) in [5, 5.41) is 0. The van der Waals surface area contributed by atoms with E-state index in [0.717, 1.165) is 25.3 Å². The zero-order valence-electron chi connectivity index (χ0n) is 8.27. The third-order valence-electron chi connectivity index (χ3n) is 2.50. The van der Waals surface area contributed by atoms with Gasteiger partial charge in [0.1, 0.15) is 6.26 Å². The van der Waals surface area contributed by atoms with E-state index in [0.29, 0.717) is 18.6 Å². The minimum atomic E-state index is 0.374. The molecule has 1 aromatic rings. The molecule has 1 unspecified atom stereocenters. The van der Waals surface area contributed by atoms with Crippen LogP contribution in [0.25, 0.3) is 0 Å². The van der Waals surface area contributed by atoms with Gasteiger partial charge in [-0.2, -0.15) is 4.98 Å². The fourth-order valence-corrected chi connectivity index (χ4v) is 1.54. The number of likely N-dealkylation sites (N-methyl/N-ethyl adjacent to an activating group) is 1. The maximum Gasteiger partial charge on any atom is 0.297 e. The molecule has 0 bridgehead atoms. The van der Waals surface area contributed by atoms with Crippen molar-refractivity contribution in [3.63, 3.8) is 0 Å². The number of hydrogen-bond acceptors (Lipinski definition) is 5. The number of nitrogens with two attached hydrogens (primary N) is 1. The Kier molecular flexibility index (Phi) is 2.69. The summed E-state index contributed by atoms with van der Waals surface area (Å²) in [6.07, 6.45) is 2.62. The van der Waals surface area contributed by atoms with Crippen molar-refractivity contribution in [3.05, 3.63) is 12.0 Å². The Labute approximate surface area is 82.8 Å². The molecule has 1 aliphatic heterocycles. The Hall–Kier alpha value is -1.07. The average Bonchev–Trinajstić information content (AvgIpc) is 2.88. The number of ether oxygens (including phenoxy) is 1. The summed E-state index contributed by atoms with van der Waals surface area (Å²) in [6, 6.07) is 1.00. The highest BCUT2D eigenvalue weighted by Gasteiger charge is 2.23. The van der Waals surface area contributed by atoms with E-state index in [1.165, 1.54) is 0 Å². The molecule has 0 spiro atoms. The van der Waals surface area contributed by atoms with Crippen molar-refractivity contribution in [1.82, 2.24) is 4.98 Å². The summed E-state index contributed by atoms with van der Waals surface area (Å²) in [5.41, 5.74) is 6.23. The monoisotopic (exact) mass is 197 g/mol. The summed E-state index contributed by atoms with van der Waals surface area (Å²) < 4.78 is 10.6. The largest absolute Gasteiger partial charge is 0.432 e. The van der Waals surface area contributed by atoms with Crippen LogP contribution in [-0.2, 0) is 11.3 Å².